The molecule has 19 heavy (non-hydrogen) atoms. The van der Waals surface area contributed by atoms with Crippen molar-refractivity contribution >= 4 is 11.8 Å². The Bertz CT molecular complexity index is 338. The van der Waals surface area contributed by atoms with E-state index in [-0.39, 0.29) is 23.8 Å². The van der Waals surface area contributed by atoms with E-state index in [2.05, 4.69) is 19.2 Å². The highest BCUT2D eigenvalue weighted by Crippen LogP contribution is 2.22. The van der Waals surface area contributed by atoms with Crippen molar-refractivity contribution in [2.24, 2.45) is 11.8 Å². The summed E-state index contributed by atoms with van der Waals surface area (Å²) >= 11 is 0. The molecule has 0 spiro atoms. The topological polar surface area (TPSA) is 58.6 Å². The van der Waals surface area contributed by atoms with Crippen LogP contribution in [-0.4, -0.2) is 49.1 Å². The summed E-state index contributed by atoms with van der Waals surface area (Å²) < 4.78 is 5.30. The molecule has 0 aliphatic carbocycles. The van der Waals surface area contributed by atoms with E-state index in [4.69, 9.17) is 4.74 Å². The fourth-order valence-electron chi connectivity index (χ4n) is 2.84. The summed E-state index contributed by atoms with van der Waals surface area (Å²) in [5.41, 5.74) is 0. The molecule has 2 fully saturated rings. The highest BCUT2D eigenvalue weighted by Gasteiger charge is 2.36. The second kappa shape index (κ2) is 6.37. The normalized spacial score (nSPS) is 25.5. The molecule has 0 radical (unpaired) electrons. The van der Waals surface area contributed by atoms with E-state index in [1.807, 2.05) is 0 Å². The Morgan fingerprint density at radius 1 is 1.42 bits per heavy atom. The summed E-state index contributed by atoms with van der Waals surface area (Å²) in [5, 5.41) is 2.87. The number of ether oxygens (including phenoxy) is 1. The van der Waals surface area contributed by atoms with Gasteiger partial charge in [0.1, 0.15) is 6.04 Å². The molecule has 2 rings (SSSR count). The van der Waals surface area contributed by atoms with Crippen LogP contribution in [0, 0.1) is 11.8 Å². The lowest BCUT2D eigenvalue weighted by Crippen LogP contribution is -2.59. The number of amides is 2. The third-order valence-corrected chi connectivity index (χ3v) is 3.88. The number of hydrogen-bond acceptors (Lipinski definition) is 3. The molecule has 1 unspecified atom stereocenters. The maximum absolute atomic E-state index is 12.6. The predicted octanol–water partition coefficient (Wildman–Crippen LogP) is 0.786. The van der Waals surface area contributed by atoms with Crippen LogP contribution in [0.25, 0.3) is 0 Å². The minimum Gasteiger partial charge on any atom is -0.381 e. The fourth-order valence-corrected chi connectivity index (χ4v) is 2.84. The Labute approximate surface area is 114 Å². The number of rotatable bonds is 3. The minimum atomic E-state index is -0.288. The Balaban J connectivity index is 2.05. The number of piperazine rings is 1. The third-order valence-electron chi connectivity index (χ3n) is 3.88. The van der Waals surface area contributed by atoms with Crippen molar-refractivity contribution < 1.29 is 14.3 Å². The maximum Gasteiger partial charge on any atom is 0.242 e. The zero-order valence-corrected chi connectivity index (χ0v) is 11.9. The second-order valence-corrected chi connectivity index (χ2v) is 5.85. The molecule has 0 bridgehead atoms. The molecule has 5 heteroatoms. The van der Waals surface area contributed by atoms with Crippen molar-refractivity contribution in [1.82, 2.24) is 10.2 Å². The quantitative estimate of drug-likeness (QED) is 0.823. The summed E-state index contributed by atoms with van der Waals surface area (Å²) in [5.74, 6) is 0.581. The minimum absolute atomic E-state index is 0.000333. The molecule has 2 aliphatic rings. The highest BCUT2D eigenvalue weighted by molar-refractivity contribution is 5.89. The van der Waals surface area contributed by atoms with Crippen LogP contribution in [0.15, 0.2) is 0 Å². The first kappa shape index (κ1) is 14.3. The van der Waals surface area contributed by atoms with Gasteiger partial charge in [0, 0.05) is 32.2 Å². The maximum atomic E-state index is 12.6. The zero-order valence-electron chi connectivity index (χ0n) is 11.9. The van der Waals surface area contributed by atoms with Gasteiger partial charge in [0.2, 0.25) is 11.8 Å². The van der Waals surface area contributed by atoms with Gasteiger partial charge in [0.25, 0.3) is 0 Å². The van der Waals surface area contributed by atoms with E-state index in [1.165, 1.54) is 0 Å². The van der Waals surface area contributed by atoms with E-state index >= 15 is 0 Å². The van der Waals surface area contributed by atoms with Gasteiger partial charge in [-0.1, -0.05) is 13.8 Å². The van der Waals surface area contributed by atoms with Crippen LogP contribution in [0.1, 0.15) is 33.1 Å². The molecule has 1 N–H and O–H groups in total. The van der Waals surface area contributed by atoms with Gasteiger partial charge in [0.05, 0.1) is 0 Å². The first-order valence-corrected chi connectivity index (χ1v) is 7.25. The van der Waals surface area contributed by atoms with Crippen molar-refractivity contribution in [2.75, 3.05) is 26.3 Å². The van der Waals surface area contributed by atoms with Gasteiger partial charge in [0.15, 0.2) is 0 Å². The number of nitrogens with one attached hydrogen (secondary N) is 1. The summed E-state index contributed by atoms with van der Waals surface area (Å²) in [6, 6.07) is -0.288. The van der Waals surface area contributed by atoms with Crippen LogP contribution in [0.3, 0.4) is 0 Å². The third kappa shape index (κ3) is 3.47. The van der Waals surface area contributed by atoms with Gasteiger partial charge >= 0.3 is 0 Å². The van der Waals surface area contributed by atoms with Gasteiger partial charge in [-0.15, -0.1) is 0 Å². The lowest BCUT2D eigenvalue weighted by molar-refractivity contribution is -0.149. The summed E-state index contributed by atoms with van der Waals surface area (Å²) in [6.07, 6.45) is 2.30. The average molecular weight is 268 g/mol. The lowest BCUT2D eigenvalue weighted by atomic mass is 9.94. The molecule has 108 valence electrons. The monoisotopic (exact) mass is 268 g/mol. The Morgan fingerprint density at radius 3 is 2.74 bits per heavy atom. The van der Waals surface area contributed by atoms with Crippen LogP contribution in [0.4, 0.5) is 0 Å². The second-order valence-electron chi connectivity index (χ2n) is 5.85. The molecule has 2 aliphatic heterocycles. The number of nitrogens with zero attached hydrogens (tertiary/aromatic N) is 1. The smallest absolute Gasteiger partial charge is 0.242 e. The number of hydrogen-bond donors (Lipinski definition) is 1. The van der Waals surface area contributed by atoms with Crippen LogP contribution in [0.5, 0.6) is 0 Å². The largest absolute Gasteiger partial charge is 0.381 e. The zero-order chi connectivity index (χ0) is 13.8. The predicted molar refractivity (Wildman–Crippen MR) is 71.5 cm³/mol. The molecule has 5 nitrogen and oxygen atoms in total. The van der Waals surface area contributed by atoms with Gasteiger partial charge in [-0.3, -0.25) is 9.59 Å². The Hall–Kier alpha value is -1.10. The molecule has 0 saturated carbocycles. The number of carbonyl (C=O) groups excluding carboxylic acids is 2. The van der Waals surface area contributed by atoms with Gasteiger partial charge in [-0.05, 0) is 25.2 Å². The molecular formula is C14H24N2O3. The van der Waals surface area contributed by atoms with Gasteiger partial charge < -0.3 is 15.0 Å². The molecule has 0 aromatic heterocycles. The van der Waals surface area contributed by atoms with Crippen LogP contribution in [-0.2, 0) is 14.3 Å². The SMILES string of the molecule is CC(C)CC1C(=O)NCCN1C(=O)C1CCOCC1. The molecule has 2 amide bonds. The van der Waals surface area contributed by atoms with Gasteiger partial charge in [-0.2, -0.15) is 0 Å². The van der Waals surface area contributed by atoms with Crippen molar-refractivity contribution in [1.29, 1.82) is 0 Å². The summed E-state index contributed by atoms with van der Waals surface area (Å²) in [4.78, 5) is 26.4. The molecular weight excluding hydrogens is 244 g/mol. The van der Waals surface area contributed by atoms with Crippen LogP contribution >= 0.6 is 0 Å². The van der Waals surface area contributed by atoms with Crippen molar-refractivity contribution in [2.45, 2.75) is 39.2 Å². The number of carbonyl (C=O) groups is 2. The first-order valence-electron chi connectivity index (χ1n) is 7.25. The Morgan fingerprint density at radius 2 is 2.11 bits per heavy atom. The average Bonchev–Trinajstić information content (AvgIpc) is 2.41. The van der Waals surface area contributed by atoms with E-state index in [1.54, 1.807) is 4.90 Å². The molecule has 0 aromatic rings. The van der Waals surface area contributed by atoms with Crippen LogP contribution < -0.4 is 5.32 Å². The van der Waals surface area contributed by atoms with Crippen molar-refractivity contribution in [3.63, 3.8) is 0 Å². The van der Waals surface area contributed by atoms with E-state index in [9.17, 15) is 9.59 Å². The molecule has 2 saturated heterocycles. The van der Waals surface area contributed by atoms with Crippen LogP contribution in [0.2, 0.25) is 0 Å². The van der Waals surface area contributed by atoms with E-state index in [0.717, 1.165) is 19.3 Å². The first-order chi connectivity index (χ1) is 9.09. The van der Waals surface area contributed by atoms with E-state index < -0.39 is 0 Å². The summed E-state index contributed by atoms with van der Waals surface area (Å²) in [6.45, 7) is 6.69. The highest BCUT2D eigenvalue weighted by atomic mass is 16.5. The fraction of sp³-hybridized carbons (Fsp3) is 0.857. The lowest BCUT2D eigenvalue weighted by Gasteiger charge is -2.38. The summed E-state index contributed by atoms with van der Waals surface area (Å²) in [7, 11) is 0. The molecule has 0 aromatic carbocycles. The van der Waals surface area contributed by atoms with Crippen molar-refractivity contribution in [3.05, 3.63) is 0 Å². The molecule has 1 atom stereocenters. The van der Waals surface area contributed by atoms with Gasteiger partial charge in [-0.25, -0.2) is 0 Å². The van der Waals surface area contributed by atoms with E-state index in [0.29, 0.717) is 32.2 Å². The van der Waals surface area contributed by atoms with Crippen molar-refractivity contribution in [3.8, 4) is 0 Å². The Kier molecular flexibility index (Phi) is 4.80. The molecule has 2 heterocycles. The standard InChI is InChI=1S/C14H24N2O3/c1-10(2)9-12-13(17)15-5-6-16(12)14(18)11-3-7-19-8-4-11/h10-12H,3-9H2,1-2H3,(H,15,17).